The number of carbonyl (C=O) groups is 2. The number of rotatable bonds is 6. The minimum absolute atomic E-state index is 0. The van der Waals surface area contributed by atoms with Crippen LogP contribution in [0, 0.1) is 10.1 Å². The molecule has 0 atom stereocenters. The van der Waals surface area contributed by atoms with Gasteiger partial charge in [-0.1, -0.05) is 0 Å². The molecule has 9 nitrogen and oxygen atoms in total. The van der Waals surface area contributed by atoms with E-state index in [2.05, 4.69) is 5.32 Å². The summed E-state index contributed by atoms with van der Waals surface area (Å²) in [6.07, 6.45) is 3.06. The number of primary amides is 1. The molecule has 25 heavy (non-hydrogen) atoms. The van der Waals surface area contributed by atoms with Gasteiger partial charge in [0.25, 0.3) is 17.5 Å². The Morgan fingerprint density at radius 2 is 2.08 bits per heavy atom. The van der Waals surface area contributed by atoms with Crippen LogP contribution in [0.1, 0.15) is 10.4 Å². The van der Waals surface area contributed by atoms with E-state index in [-0.39, 0.29) is 36.0 Å². The SMILES string of the molecule is COc1cc([N+](=O)[O-])ccc1NC(=O)C[n+]1cccc(C(N)=O)c1.[Cl-]. The van der Waals surface area contributed by atoms with Crippen LogP contribution in [-0.4, -0.2) is 23.8 Å². The highest BCUT2D eigenvalue weighted by Gasteiger charge is 2.16. The Bertz CT molecular complexity index is 812. The van der Waals surface area contributed by atoms with Crippen LogP contribution in [0.4, 0.5) is 11.4 Å². The van der Waals surface area contributed by atoms with Gasteiger partial charge in [0.15, 0.2) is 12.4 Å². The molecule has 0 spiro atoms. The third kappa shape index (κ3) is 5.15. The summed E-state index contributed by atoms with van der Waals surface area (Å²) in [6, 6.07) is 7.00. The van der Waals surface area contributed by atoms with Crippen molar-refractivity contribution >= 4 is 23.2 Å². The van der Waals surface area contributed by atoms with Gasteiger partial charge in [-0.15, -0.1) is 0 Å². The van der Waals surface area contributed by atoms with E-state index in [1.165, 1.54) is 42.1 Å². The molecule has 10 heteroatoms. The molecule has 1 heterocycles. The minimum Gasteiger partial charge on any atom is -1.00 e. The summed E-state index contributed by atoms with van der Waals surface area (Å²) in [7, 11) is 1.35. The Morgan fingerprint density at radius 1 is 1.36 bits per heavy atom. The van der Waals surface area contributed by atoms with Gasteiger partial charge in [-0.2, -0.15) is 4.57 Å². The number of hydrogen-bond acceptors (Lipinski definition) is 5. The molecule has 3 N–H and O–H groups in total. The molecule has 1 aromatic heterocycles. The van der Waals surface area contributed by atoms with E-state index >= 15 is 0 Å². The predicted octanol–water partition coefficient (Wildman–Crippen LogP) is -2.37. The molecule has 0 aliphatic carbocycles. The third-order valence-corrected chi connectivity index (χ3v) is 3.14. The summed E-state index contributed by atoms with van der Waals surface area (Å²) in [5, 5.41) is 13.4. The van der Waals surface area contributed by atoms with Gasteiger partial charge in [-0.3, -0.25) is 19.7 Å². The predicted molar refractivity (Wildman–Crippen MR) is 83.4 cm³/mol. The number of nitrogens with zero attached hydrogens (tertiary/aromatic N) is 2. The maximum Gasteiger partial charge on any atom is 0.290 e. The highest BCUT2D eigenvalue weighted by atomic mass is 35.5. The highest BCUT2D eigenvalue weighted by molar-refractivity contribution is 5.92. The van der Waals surface area contributed by atoms with Crippen molar-refractivity contribution in [3.8, 4) is 5.75 Å². The molecule has 0 saturated carbocycles. The first kappa shape index (κ1) is 19.8. The van der Waals surface area contributed by atoms with Gasteiger partial charge in [0.1, 0.15) is 11.3 Å². The molecule has 0 aliphatic heterocycles. The first-order valence-electron chi connectivity index (χ1n) is 6.82. The largest absolute Gasteiger partial charge is 1.00 e. The lowest BCUT2D eigenvalue weighted by molar-refractivity contribution is -0.684. The van der Waals surface area contributed by atoms with Crippen LogP contribution in [0.5, 0.6) is 5.75 Å². The maximum absolute atomic E-state index is 12.1. The Balaban J connectivity index is 0.00000312. The van der Waals surface area contributed by atoms with Crippen LogP contribution in [0.15, 0.2) is 42.7 Å². The fourth-order valence-corrected chi connectivity index (χ4v) is 2.02. The van der Waals surface area contributed by atoms with Crippen LogP contribution in [0.2, 0.25) is 0 Å². The molecule has 0 radical (unpaired) electrons. The Hall–Kier alpha value is -3.20. The van der Waals surface area contributed by atoms with Gasteiger partial charge in [0, 0.05) is 12.1 Å². The normalized spacial score (nSPS) is 9.64. The molecule has 1 aromatic carbocycles. The number of benzene rings is 1. The highest BCUT2D eigenvalue weighted by Crippen LogP contribution is 2.28. The zero-order valence-electron chi connectivity index (χ0n) is 13.1. The molecule has 0 bridgehead atoms. The van der Waals surface area contributed by atoms with E-state index in [0.717, 1.165) is 0 Å². The molecule has 2 amide bonds. The van der Waals surface area contributed by atoms with E-state index in [1.54, 1.807) is 12.3 Å². The van der Waals surface area contributed by atoms with Crippen molar-refractivity contribution in [2.24, 2.45) is 5.73 Å². The number of non-ortho nitro benzene ring substituents is 1. The van der Waals surface area contributed by atoms with Gasteiger partial charge in [-0.05, 0) is 12.1 Å². The maximum atomic E-state index is 12.1. The first-order chi connectivity index (χ1) is 11.4. The number of anilines is 1. The molecule has 0 aliphatic rings. The minimum atomic E-state index is -0.596. The number of methoxy groups -OCH3 is 1. The average Bonchev–Trinajstić information content (AvgIpc) is 2.55. The molecule has 2 rings (SSSR count). The van der Waals surface area contributed by atoms with Crippen molar-refractivity contribution < 1.29 is 36.2 Å². The molecule has 2 aromatic rings. The Morgan fingerprint density at radius 3 is 2.68 bits per heavy atom. The molecular weight excluding hydrogens is 352 g/mol. The van der Waals surface area contributed by atoms with Gasteiger partial charge in [0.2, 0.25) is 6.54 Å². The number of halogens is 1. The lowest BCUT2D eigenvalue weighted by Crippen LogP contribution is -3.00. The number of nitro benzene ring substituents is 1. The standard InChI is InChI=1S/C15H14N4O5.ClH/c1-24-13-7-11(19(22)23)4-5-12(13)17-14(20)9-18-6-2-3-10(8-18)15(16)21;/h2-8H,9H2,1H3,(H2-,16,17,20,21);1H. The van der Waals surface area contributed by atoms with Crippen LogP contribution in [-0.2, 0) is 11.3 Å². The molecule has 0 unspecified atom stereocenters. The van der Waals surface area contributed by atoms with Crippen LogP contribution in [0.25, 0.3) is 0 Å². The molecule has 0 saturated heterocycles. The number of pyridine rings is 1. The second-order valence-electron chi connectivity index (χ2n) is 4.82. The summed E-state index contributed by atoms with van der Waals surface area (Å²) in [4.78, 5) is 33.4. The van der Waals surface area contributed by atoms with Crippen molar-refractivity contribution in [3.63, 3.8) is 0 Å². The van der Waals surface area contributed by atoms with Gasteiger partial charge in [-0.25, -0.2) is 0 Å². The molecule has 132 valence electrons. The molecule has 0 fully saturated rings. The van der Waals surface area contributed by atoms with Gasteiger partial charge < -0.3 is 28.2 Å². The van der Waals surface area contributed by atoms with E-state index < -0.39 is 16.7 Å². The van der Waals surface area contributed by atoms with E-state index in [1.807, 2.05) is 0 Å². The molecular formula is C15H15ClN4O5. The number of hydrogen-bond donors (Lipinski definition) is 2. The Kier molecular flexibility index (Phi) is 6.82. The third-order valence-electron chi connectivity index (χ3n) is 3.14. The van der Waals surface area contributed by atoms with Gasteiger partial charge >= 0.3 is 0 Å². The lowest BCUT2D eigenvalue weighted by Gasteiger charge is -2.08. The van der Waals surface area contributed by atoms with Crippen molar-refractivity contribution in [2.75, 3.05) is 12.4 Å². The zero-order valence-corrected chi connectivity index (χ0v) is 13.9. The fourth-order valence-electron chi connectivity index (χ4n) is 2.02. The summed E-state index contributed by atoms with van der Waals surface area (Å²) in [6.45, 7) is -0.0682. The van der Waals surface area contributed by atoms with Crippen molar-refractivity contribution in [3.05, 3.63) is 58.4 Å². The number of aromatic nitrogens is 1. The number of nitro groups is 1. The van der Waals surface area contributed by atoms with Crippen molar-refractivity contribution in [1.82, 2.24) is 0 Å². The number of nitrogens with one attached hydrogen (secondary N) is 1. The quantitative estimate of drug-likeness (QED) is 0.335. The smallest absolute Gasteiger partial charge is 0.290 e. The van der Waals surface area contributed by atoms with E-state index in [0.29, 0.717) is 5.69 Å². The van der Waals surface area contributed by atoms with Crippen molar-refractivity contribution in [1.29, 1.82) is 0 Å². The van der Waals surface area contributed by atoms with Crippen LogP contribution < -0.4 is 32.8 Å². The summed E-state index contributed by atoms with van der Waals surface area (Å²) < 4.78 is 6.54. The van der Waals surface area contributed by atoms with Crippen LogP contribution in [0.3, 0.4) is 0 Å². The zero-order chi connectivity index (χ0) is 17.7. The first-order valence-corrected chi connectivity index (χ1v) is 6.82. The summed E-state index contributed by atoms with van der Waals surface area (Å²) in [5.41, 5.74) is 5.63. The number of ether oxygens (including phenoxy) is 1. The van der Waals surface area contributed by atoms with E-state index in [4.69, 9.17) is 10.5 Å². The topological polar surface area (TPSA) is 128 Å². The number of amides is 2. The average molecular weight is 367 g/mol. The monoisotopic (exact) mass is 366 g/mol. The van der Waals surface area contributed by atoms with E-state index in [9.17, 15) is 19.7 Å². The summed E-state index contributed by atoms with van der Waals surface area (Å²) in [5.74, 6) is -0.816. The second kappa shape index (κ2) is 8.60. The lowest BCUT2D eigenvalue weighted by atomic mass is 10.2. The summed E-state index contributed by atoms with van der Waals surface area (Å²) >= 11 is 0. The second-order valence-corrected chi connectivity index (χ2v) is 4.82. The van der Waals surface area contributed by atoms with Crippen LogP contribution >= 0.6 is 0 Å². The number of carbonyl (C=O) groups excluding carboxylic acids is 2. The van der Waals surface area contributed by atoms with Crippen molar-refractivity contribution in [2.45, 2.75) is 6.54 Å². The fraction of sp³-hybridized carbons (Fsp3) is 0.133. The number of nitrogens with two attached hydrogens (primary N) is 1. The van der Waals surface area contributed by atoms with Gasteiger partial charge in [0.05, 0.1) is 23.8 Å². The Labute approximate surface area is 149 Å².